The molecule has 3 heteroatoms. The first-order valence-corrected chi connectivity index (χ1v) is 5.52. The number of hydrogen-bond donors (Lipinski definition) is 0. The molecule has 0 radical (unpaired) electrons. The van der Waals surface area contributed by atoms with E-state index in [4.69, 9.17) is 4.74 Å². The second-order valence-electron chi connectivity index (χ2n) is 3.72. The molecule has 1 aromatic heterocycles. The number of aromatic nitrogens is 1. The van der Waals surface area contributed by atoms with Crippen LogP contribution in [0.1, 0.15) is 15.9 Å². The van der Waals surface area contributed by atoms with Gasteiger partial charge in [-0.05, 0) is 23.8 Å². The second-order valence-corrected chi connectivity index (χ2v) is 3.72. The van der Waals surface area contributed by atoms with E-state index in [9.17, 15) is 4.79 Å². The van der Waals surface area contributed by atoms with Crippen molar-refractivity contribution in [2.45, 2.75) is 0 Å². The molecule has 0 atom stereocenters. The molecule has 0 spiro atoms. The minimum Gasteiger partial charge on any atom is -0.465 e. The quantitative estimate of drug-likeness (QED) is 0.772. The van der Waals surface area contributed by atoms with Crippen LogP contribution in [0.15, 0.2) is 49.2 Å². The van der Waals surface area contributed by atoms with Crippen LogP contribution in [0.25, 0.3) is 17.3 Å². The number of nitrogens with zero attached hydrogens (tertiary/aromatic N) is 1. The van der Waals surface area contributed by atoms with Gasteiger partial charge in [0, 0.05) is 11.8 Å². The van der Waals surface area contributed by atoms with Gasteiger partial charge >= 0.3 is 5.97 Å². The van der Waals surface area contributed by atoms with Gasteiger partial charge in [-0.25, -0.2) is 4.79 Å². The van der Waals surface area contributed by atoms with Gasteiger partial charge in [-0.2, -0.15) is 0 Å². The Morgan fingerprint density at radius 2 is 2.17 bits per heavy atom. The molecule has 0 unspecified atom stereocenters. The fraction of sp³-hybridized carbons (Fsp3) is 0.0667. The maximum atomic E-state index is 11.8. The molecule has 0 aliphatic rings. The molecule has 1 aromatic carbocycles. The Balaban J connectivity index is 2.60. The van der Waals surface area contributed by atoms with Crippen LogP contribution in [-0.2, 0) is 4.74 Å². The van der Waals surface area contributed by atoms with E-state index in [1.165, 1.54) is 7.11 Å². The number of rotatable bonds is 3. The van der Waals surface area contributed by atoms with Crippen molar-refractivity contribution < 1.29 is 9.53 Å². The molecule has 0 fully saturated rings. The molecule has 0 saturated carbocycles. The third-order valence-corrected chi connectivity index (χ3v) is 2.63. The minimum absolute atomic E-state index is 0.376. The maximum Gasteiger partial charge on any atom is 0.338 e. The number of ether oxygens (including phenoxy) is 1. The normalized spacial score (nSPS) is 9.83. The van der Waals surface area contributed by atoms with Crippen molar-refractivity contribution in [1.29, 1.82) is 0 Å². The van der Waals surface area contributed by atoms with Crippen LogP contribution >= 0.6 is 0 Å². The first kappa shape index (κ1) is 12.0. The number of carbonyl (C=O) groups excluding carboxylic acids is 1. The van der Waals surface area contributed by atoms with Gasteiger partial charge in [0.05, 0.1) is 18.4 Å². The number of methoxy groups -OCH3 is 1. The van der Waals surface area contributed by atoms with Crippen LogP contribution in [0.4, 0.5) is 0 Å². The van der Waals surface area contributed by atoms with Crippen molar-refractivity contribution >= 4 is 12.0 Å². The fourth-order valence-corrected chi connectivity index (χ4v) is 1.71. The first-order chi connectivity index (χ1) is 8.76. The first-order valence-electron chi connectivity index (χ1n) is 5.52. The molecule has 0 aliphatic carbocycles. The van der Waals surface area contributed by atoms with E-state index in [0.717, 1.165) is 16.8 Å². The summed E-state index contributed by atoms with van der Waals surface area (Å²) in [5.41, 5.74) is 2.87. The van der Waals surface area contributed by atoms with Gasteiger partial charge in [0.25, 0.3) is 0 Å². The van der Waals surface area contributed by atoms with Crippen LogP contribution < -0.4 is 0 Å². The van der Waals surface area contributed by atoms with E-state index in [-0.39, 0.29) is 5.97 Å². The lowest BCUT2D eigenvalue weighted by atomic mass is 10.0. The molecule has 2 aromatic rings. The predicted molar refractivity (Wildman–Crippen MR) is 71.1 cm³/mol. The zero-order valence-electron chi connectivity index (χ0n) is 10.1. The lowest BCUT2D eigenvalue weighted by molar-refractivity contribution is 0.0601. The summed E-state index contributed by atoms with van der Waals surface area (Å²) in [5.74, 6) is -0.376. The van der Waals surface area contributed by atoms with Crippen molar-refractivity contribution in [1.82, 2.24) is 4.98 Å². The Morgan fingerprint density at radius 3 is 2.78 bits per heavy atom. The molecule has 90 valence electrons. The van der Waals surface area contributed by atoms with Crippen molar-refractivity contribution in [3.05, 3.63) is 60.3 Å². The van der Waals surface area contributed by atoms with Crippen molar-refractivity contribution in [2.24, 2.45) is 0 Å². The molecule has 3 nitrogen and oxygen atoms in total. The molecular formula is C15H13NO2. The predicted octanol–water partition coefficient (Wildman–Crippen LogP) is 3.18. The maximum absolute atomic E-state index is 11.8. The average Bonchev–Trinajstić information content (AvgIpc) is 2.46. The Bertz CT molecular complexity index is 576. The van der Waals surface area contributed by atoms with Crippen LogP contribution in [0.3, 0.4) is 0 Å². The summed E-state index contributed by atoms with van der Waals surface area (Å²) >= 11 is 0. The molecule has 2 rings (SSSR count). The molecular weight excluding hydrogens is 226 g/mol. The standard InChI is InChI=1S/C15H13NO2/c1-3-11-7-8-12(13(10-11)15(17)18-2)14-6-4-5-9-16-14/h3-10H,1H2,2H3. The molecule has 0 saturated heterocycles. The van der Waals surface area contributed by atoms with Crippen LogP contribution in [-0.4, -0.2) is 18.1 Å². The van der Waals surface area contributed by atoms with E-state index in [1.54, 1.807) is 18.3 Å². The summed E-state index contributed by atoms with van der Waals surface area (Å²) in [6.07, 6.45) is 3.38. The van der Waals surface area contributed by atoms with E-state index in [0.29, 0.717) is 5.56 Å². The number of pyridine rings is 1. The molecule has 0 N–H and O–H groups in total. The van der Waals surface area contributed by atoms with Crippen LogP contribution in [0.2, 0.25) is 0 Å². The Hall–Kier alpha value is -2.42. The number of esters is 1. The summed E-state index contributed by atoms with van der Waals surface area (Å²) in [7, 11) is 1.37. The molecule has 0 bridgehead atoms. The van der Waals surface area contributed by atoms with Crippen LogP contribution in [0.5, 0.6) is 0 Å². The molecule has 0 amide bonds. The zero-order valence-corrected chi connectivity index (χ0v) is 10.1. The largest absolute Gasteiger partial charge is 0.465 e. The lowest BCUT2D eigenvalue weighted by Gasteiger charge is -2.08. The highest BCUT2D eigenvalue weighted by Crippen LogP contribution is 2.24. The summed E-state index contributed by atoms with van der Waals surface area (Å²) in [4.78, 5) is 16.0. The number of carbonyl (C=O) groups is 1. The van der Waals surface area contributed by atoms with E-state index in [2.05, 4.69) is 11.6 Å². The fourth-order valence-electron chi connectivity index (χ4n) is 1.71. The highest BCUT2D eigenvalue weighted by atomic mass is 16.5. The third kappa shape index (κ3) is 2.30. The van der Waals surface area contributed by atoms with Crippen molar-refractivity contribution in [2.75, 3.05) is 7.11 Å². The summed E-state index contributed by atoms with van der Waals surface area (Å²) in [5, 5.41) is 0. The smallest absolute Gasteiger partial charge is 0.338 e. The Kier molecular flexibility index (Phi) is 3.53. The van der Waals surface area contributed by atoms with Gasteiger partial charge in [-0.3, -0.25) is 4.98 Å². The van der Waals surface area contributed by atoms with Gasteiger partial charge in [0.15, 0.2) is 0 Å². The van der Waals surface area contributed by atoms with Crippen molar-refractivity contribution in [3.63, 3.8) is 0 Å². The highest BCUT2D eigenvalue weighted by Gasteiger charge is 2.14. The summed E-state index contributed by atoms with van der Waals surface area (Å²) in [6.45, 7) is 3.69. The SMILES string of the molecule is C=Cc1ccc(-c2ccccn2)c(C(=O)OC)c1. The lowest BCUT2D eigenvalue weighted by Crippen LogP contribution is -2.04. The van der Waals surface area contributed by atoms with Gasteiger partial charge in [-0.1, -0.05) is 30.9 Å². The molecule has 18 heavy (non-hydrogen) atoms. The van der Waals surface area contributed by atoms with Gasteiger partial charge in [-0.15, -0.1) is 0 Å². The summed E-state index contributed by atoms with van der Waals surface area (Å²) < 4.78 is 4.80. The van der Waals surface area contributed by atoms with Gasteiger partial charge in [0.2, 0.25) is 0 Å². The van der Waals surface area contributed by atoms with Gasteiger partial charge in [0.1, 0.15) is 0 Å². The topological polar surface area (TPSA) is 39.2 Å². The van der Waals surface area contributed by atoms with E-state index in [1.807, 2.05) is 30.3 Å². The summed E-state index contributed by atoms with van der Waals surface area (Å²) in [6, 6.07) is 11.1. The monoisotopic (exact) mass is 239 g/mol. The second kappa shape index (κ2) is 5.27. The number of benzene rings is 1. The van der Waals surface area contributed by atoms with E-state index < -0.39 is 0 Å². The Morgan fingerprint density at radius 1 is 1.33 bits per heavy atom. The van der Waals surface area contributed by atoms with Crippen LogP contribution in [0, 0.1) is 0 Å². The average molecular weight is 239 g/mol. The molecule has 1 heterocycles. The zero-order chi connectivity index (χ0) is 13.0. The number of hydrogen-bond acceptors (Lipinski definition) is 3. The molecule has 0 aliphatic heterocycles. The van der Waals surface area contributed by atoms with Gasteiger partial charge < -0.3 is 4.74 Å². The Labute approximate surface area is 106 Å². The highest BCUT2D eigenvalue weighted by molar-refractivity contribution is 5.97. The minimum atomic E-state index is -0.376. The third-order valence-electron chi connectivity index (χ3n) is 2.63. The van der Waals surface area contributed by atoms with Crippen molar-refractivity contribution in [3.8, 4) is 11.3 Å². The van der Waals surface area contributed by atoms with E-state index >= 15 is 0 Å².